The highest BCUT2D eigenvalue weighted by Gasteiger charge is 2.37. The maximum absolute atomic E-state index is 12.9. The van der Waals surface area contributed by atoms with Gasteiger partial charge in [0, 0.05) is 18.3 Å². The summed E-state index contributed by atoms with van der Waals surface area (Å²) >= 11 is 0. The summed E-state index contributed by atoms with van der Waals surface area (Å²) in [4.78, 5) is 19.1. The Hall–Kier alpha value is -2.40. The van der Waals surface area contributed by atoms with Gasteiger partial charge in [-0.2, -0.15) is 0 Å². The minimum absolute atomic E-state index is 0.0648. The summed E-state index contributed by atoms with van der Waals surface area (Å²) < 4.78 is 5.51. The van der Waals surface area contributed by atoms with E-state index in [1.54, 1.807) is 6.20 Å². The third-order valence-electron chi connectivity index (χ3n) is 4.24. The quantitative estimate of drug-likeness (QED) is 0.849. The van der Waals surface area contributed by atoms with E-state index in [4.69, 9.17) is 4.74 Å². The van der Waals surface area contributed by atoms with Crippen molar-refractivity contribution in [1.82, 2.24) is 15.2 Å². The first-order valence-electron chi connectivity index (χ1n) is 8.08. The third kappa shape index (κ3) is 3.74. The smallest absolute Gasteiger partial charge is 0.245 e. The van der Waals surface area contributed by atoms with E-state index in [0.717, 1.165) is 11.1 Å². The number of benzene rings is 1. The number of nitrogens with zero attached hydrogens (tertiary/aromatic N) is 2. The molecule has 128 valence electrons. The Morgan fingerprint density at radius 3 is 2.54 bits per heavy atom. The van der Waals surface area contributed by atoms with Crippen LogP contribution in [0.25, 0.3) is 0 Å². The van der Waals surface area contributed by atoms with E-state index < -0.39 is 5.54 Å². The molecule has 0 bridgehead atoms. The molecule has 1 heterocycles. The highest BCUT2D eigenvalue weighted by Crippen LogP contribution is 2.26. The van der Waals surface area contributed by atoms with Gasteiger partial charge in [-0.15, -0.1) is 0 Å². The van der Waals surface area contributed by atoms with Crippen LogP contribution in [0.1, 0.15) is 25.0 Å². The molecule has 24 heavy (non-hydrogen) atoms. The Bertz CT molecular complexity index is 673. The topological polar surface area (TPSA) is 54.5 Å². The zero-order valence-electron chi connectivity index (χ0n) is 14.7. The summed E-state index contributed by atoms with van der Waals surface area (Å²) in [5.74, 6) is 0.497. The second kappa shape index (κ2) is 7.93. The van der Waals surface area contributed by atoms with Crippen molar-refractivity contribution in [3.05, 3.63) is 59.8 Å². The van der Waals surface area contributed by atoms with E-state index in [9.17, 15) is 4.79 Å². The van der Waals surface area contributed by atoms with E-state index >= 15 is 0 Å². The van der Waals surface area contributed by atoms with Gasteiger partial charge in [-0.25, -0.2) is 4.98 Å². The van der Waals surface area contributed by atoms with Crippen molar-refractivity contribution < 1.29 is 9.53 Å². The Kier molecular flexibility index (Phi) is 5.93. The first-order valence-corrected chi connectivity index (χ1v) is 8.08. The van der Waals surface area contributed by atoms with Gasteiger partial charge in [-0.05, 0) is 39.6 Å². The Morgan fingerprint density at radius 1 is 1.21 bits per heavy atom. The van der Waals surface area contributed by atoms with E-state index in [0.29, 0.717) is 19.0 Å². The van der Waals surface area contributed by atoms with Gasteiger partial charge in [0.15, 0.2) is 0 Å². The molecular formula is C19H25N3O2. The van der Waals surface area contributed by atoms with Crippen molar-refractivity contribution in [3.8, 4) is 5.88 Å². The van der Waals surface area contributed by atoms with E-state index in [1.165, 1.54) is 0 Å². The summed E-state index contributed by atoms with van der Waals surface area (Å²) in [6, 6.07) is 13.5. The van der Waals surface area contributed by atoms with Crippen LogP contribution in [-0.4, -0.2) is 36.5 Å². The van der Waals surface area contributed by atoms with Crippen LogP contribution in [-0.2, 0) is 16.9 Å². The molecule has 5 heteroatoms. The molecule has 0 saturated heterocycles. The number of amides is 1. The van der Waals surface area contributed by atoms with Crippen LogP contribution in [0.5, 0.6) is 5.88 Å². The zero-order valence-corrected chi connectivity index (χ0v) is 14.7. The van der Waals surface area contributed by atoms with Crippen LogP contribution in [0.3, 0.4) is 0 Å². The summed E-state index contributed by atoms with van der Waals surface area (Å²) in [6.45, 7) is 4.75. The molecule has 1 amide bonds. The second-order valence-electron chi connectivity index (χ2n) is 5.92. The molecule has 0 unspecified atom stereocenters. The molecule has 0 saturated carbocycles. The van der Waals surface area contributed by atoms with E-state index in [1.807, 2.05) is 75.3 Å². The molecule has 0 aliphatic rings. The molecule has 1 aromatic heterocycles. The number of hydrogen-bond acceptors (Lipinski definition) is 4. The Morgan fingerprint density at radius 2 is 1.92 bits per heavy atom. The normalized spacial score (nSPS) is 13.4. The van der Waals surface area contributed by atoms with Crippen molar-refractivity contribution in [2.75, 3.05) is 20.7 Å². The summed E-state index contributed by atoms with van der Waals surface area (Å²) in [7, 11) is 3.81. The molecular weight excluding hydrogens is 302 g/mol. The van der Waals surface area contributed by atoms with Crippen molar-refractivity contribution in [2.45, 2.75) is 25.9 Å². The van der Waals surface area contributed by atoms with E-state index in [2.05, 4.69) is 10.3 Å². The molecule has 5 nitrogen and oxygen atoms in total. The number of carbonyl (C=O) groups is 1. The highest BCUT2D eigenvalue weighted by molar-refractivity contribution is 5.87. The van der Waals surface area contributed by atoms with Gasteiger partial charge in [0.05, 0.1) is 6.61 Å². The van der Waals surface area contributed by atoms with Gasteiger partial charge in [0.1, 0.15) is 5.54 Å². The number of hydrogen-bond donors (Lipinski definition) is 1. The lowest BCUT2D eigenvalue weighted by Crippen LogP contribution is -2.51. The van der Waals surface area contributed by atoms with Crippen molar-refractivity contribution in [3.63, 3.8) is 0 Å². The molecule has 0 spiro atoms. The summed E-state index contributed by atoms with van der Waals surface area (Å²) in [5.41, 5.74) is 1.06. The van der Waals surface area contributed by atoms with Gasteiger partial charge in [-0.3, -0.25) is 9.69 Å². The standard InChI is InChI=1S/C19H25N3O2/c1-5-24-17-15(10-9-13-20-17)14-21-18(23)19(2,22(3)4)16-11-7-6-8-12-16/h6-13H,5,14H2,1-4H3,(H,21,23)/t19-/m0/s1. The number of pyridine rings is 1. The average Bonchev–Trinajstić information content (AvgIpc) is 2.60. The zero-order chi connectivity index (χ0) is 17.6. The SMILES string of the molecule is CCOc1ncccc1CNC(=O)[C@](C)(c1ccccc1)N(C)C. The summed E-state index contributed by atoms with van der Waals surface area (Å²) in [5, 5.41) is 3.02. The fraction of sp³-hybridized carbons (Fsp3) is 0.368. The van der Waals surface area contributed by atoms with Crippen LogP contribution < -0.4 is 10.1 Å². The predicted molar refractivity (Wildman–Crippen MR) is 94.7 cm³/mol. The fourth-order valence-electron chi connectivity index (χ4n) is 2.53. The number of nitrogens with one attached hydrogen (secondary N) is 1. The van der Waals surface area contributed by atoms with Crippen LogP contribution in [0.4, 0.5) is 0 Å². The number of rotatable bonds is 7. The maximum atomic E-state index is 12.9. The average molecular weight is 327 g/mol. The lowest BCUT2D eigenvalue weighted by Gasteiger charge is -2.35. The Balaban J connectivity index is 2.18. The fourth-order valence-corrected chi connectivity index (χ4v) is 2.53. The molecule has 1 N–H and O–H groups in total. The number of ether oxygens (including phenoxy) is 1. The van der Waals surface area contributed by atoms with Gasteiger partial charge in [-0.1, -0.05) is 36.4 Å². The van der Waals surface area contributed by atoms with Crippen LogP contribution in [0, 0.1) is 0 Å². The molecule has 0 aliphatic heterocycles. The van der Waals surface area contributed by atoms with Crippen molar-refractivity contribution in [1.29, 1.82) is 0 Å². The molecule has 2 rings (SSSR count). The number of aromatic nitrogens is 1. The number of carbonyl (C=O) groups excluding carboxylic acids is 1. The minimum atomic E-state index is -0.755. The molecule has 2 aromatic rings. The number of likely N-dealkylation sites (N-methyl/N-ethyl adjacent to an activating group) is 1. The van der Waals surface area contributed by atoms with Crippen LogP contribution in [0.15, 0.2) is 48.7 Å². The van der Waals surface area contributed by atoms with Gasteiger partial charge in [0.25, 0.3) is 0 Å². The lowest BCUT2D eigenvalue weighted by atomic mass is 9.89. The highest BCUT2D eigenvalue weighted by atomic mass is 16.5. The molecule has 0 aliphatic carbocycles. The molecule has 1 atom stereocenters. The molecule has 0 fully saturated rings. The molecule has 0 radical (unpaired) electrons. The van der Waals surface area contributed by atoms with E-state index in [-0.39, 0.29) is 5.91 Å². The van der Waals surface area contributed by atoms with Crippen LogP contribution in [0.2, 0.25) is 0 Å². The van der Waals surface area contributed by atoms with Gasteiger partial charge >= 0.3 is 0 Å². The van der Waals surface area contributed by atoms with Gasteiger partial charge in [0.2, 0.25) is 11.8 Å². The first-order chi connectivity index (χ1) is 11.5. The third-order valence-corrected chi connectivity index (χ3v) is 4.24. The minimum Gasteiger partial charge on any atom is -0.478 e. The monoisotopic (exact) mass is 327 g/mol. The van der Waals surface area contributed by atoms with Crippen molar-refractivity contribution in [2.24, 2.45) is 0 Å². The summed E-state index contributed by atoms with van der Waals surface area (Å²) in [6.07, 6.45) is 1.68. The largest absolute Gasteiger partial charge is 0.478 e. The van der Waals surface area contributed by atoms with Gasteiger partial charge < -0.3 is 10.1 Å². The second-order valence-corrected chi connectivity index (χ2v) is 5.92. The molecule has 1 aromatic carbocycles. The Labute approximate surface area is 143 Å². The first kappa shape index (κ1) is 17.9. The van der Waals surface area contributed by atoms with Crippen molar-refractivity contribution >= 4 is 5.91 Å². The van der Waals surface area contributed by atoms with Crippen LogP contribution >= 0.6 is 0 Å². The predicted octanol–water partition coefficient (Wildman–Crippen LogP) is 2.57. The maximum Gasteiger partial charge on any atom is 0.245 e. The lowest BCUT2D eigenvalue weighted by molar-refractivity contribution is -0.131.